The van der Waals surface area contributed by atoms with E-state index in [0.29, 0.717) is 12.3 Å². The molecule has 1 aromatic carbocycles. The fraction of sp³-hybridized carbons (Fsp3) is 0.364. The van der Waals surface area contributed by atoms with Gasteiger partial charge in [0.25, 0.3) is 5.91 Å². The van der Waals surface area contributed by atoms with Crippen LogP contribution in [0, 0.1) is 5.82 Å². The second-order valence-electron chi connectivity index (χ2n) is 3.45. The number of nitrogens with two attached hydrogens (primary N) is 1. The Labute approximate surface area is 93.6 Å². The minimum absolute atomic E-state index is 0.166. The lowest BCUT2D eigenvalue weighted by Crippen LogP contribution is -2.37. The first-order valence-corrected chi connectivity index (χ1v) is 4.93. The lowest BCUT2D eigenvalue weighted by molar-refractivity contribution is 0.0937. The second kappa shape index (κ2) is 5.46. The molecule has 0 radical (unpaired) electrons. The molecule has 0 saturated carbocycles. The second-order valence-corrected chi connectivity index (χ2v) is 3.45. The first kappa shape index (κ1) is 12.4. The van der Waals surface area contributed by atoms with Gasteiger partial charge in [-0.15, -0.1) is 0 Å². The molecule has 0 saturated heterocycles. The van der Waals surface area contributed by atoms with E-state index >= 15 is 0 Å². The van der Waals surface area contributed by atoms with E-state index in [2.05, 4.69) is 5.32 Å². The van der Waals surface area contributed by atoms with E-state index in [1.807, 2.05) is 0 Å². The summed E-state index contributed by atoms with van der Waals surface area (Å²) in [7, 11) is 1.43. The van der Waals surface area contributed by atoms with Crippen molar-refractivity contribution in [2.24, 2.45) is 5.73 Å². The molecule has 5 heteroatoms. The molecule has 1 rings (SSSR count). The fourth-order valence-corrected chi connectivity index (χ4v) is 1.22. The zero-order chi connectivity index (χ0) is 12.1. The number of nitrogens with one attached hydrogen (secondary N) is 1. The van der Waals surface area contributed by atoms with Crippen LogP contribution in [0.15, 0.2) is 18.2 Å². The minimum Gasteiger partial charge on any atom is -0.496 e. The highest BCUT2D eigenvalue weighted by atomic mass is 19.1. The number of benzene rings is 1. The van der Waals surface area contributed by atoms with Crippen molar-refractivity contribution in [3.05, 3.63) is 29.6 Å². The molecule has 0 aliphatic rings. The molecule has 3 N–H and O–H groups in total. The van der Waals surface area contributed by atoms with Gasteiger partial charge in [-0.05, 0) is 25.1 Å². The SMILES string of the molecule is COc1ccc(F)cc1C(=O)N[C@@H](C)CN. The maximum Gasteiger partial charge on any atom is 0.255 e. The van der Waals surface area contributed by atoms with Gasteiger partial charge < -0.3 is 15.8 Å². The van der Waals surface area contributed by atoms with Crippen molar-refractivity contribution in [2.75, 3.05) is 13.7 Å². The Bertz CT molecular complexity index is 382. The fourth-order valence-electron chi connectivity index (χ4n) is 1.22. The van der Waals surface area contributed by atoms with Gasteiger partial charge in [0.1, 0.15) is 11.6 Å². The zero-order valence-corrected chi connectivity index (χ0v) is 9.29. The average Bonchev–Trinajstić information content (AvgIpc) is 2.28. The van der Waals surface area contributed by atoms with Gasteiger partial charge in [0.2, 0.25) is 0 Å². The summed E-state index contributed by atoms with van der Waals surface area (Å²) in [5, 5.41) is 2.64. The van der Waals surface area contributed by atoms with Crippen LogP contribution < -0.4 is 15.8 Å². The predicted molar refractivity (Wildman–Crippen MR) is 58.9 cm³/mol. The number of carbonyl (C=O) groups is 1. The third-order valence-corrected chi connectivity index (χ3v) is 2.14. The first-order chi connectivity index (χ1) is 7.58. The van der Waals surface area contributed by atoms with Gasteiger partial charge in [0.15, 0.2) is 0 Å². The molecule has 0 fully saturated rings. The molecule has 0 bridgehead atoms. The summed E-state index contributed by atoms with van der Waals surface area (Å²) in [5.74, 6) is -0.538. The number of carbonyl (C=O) groups excluding carboxylic acids is 1. The molecule has 1 amide bonds. The molecule has 16 heavy (non-hydrogen) atoms. The molecule has 0 heterocycles. The monoisotopic (exact) mass is 226 g/mol. The van der Waals surface area contributed by atoms with Gasteiger partial charge in [-0.1, -0.05) is 0 Å². The minimum atomic E-state index is -0.480. The summed E-state index contributed by atoms with van der Waals surface area (Å²) < 4.78 is 18.0. The van der Waals surface area contributed by atoms with Crippen molar-refractivity contribution in [3.63, 3.8) is 0 Å². The molecule has 0 unspecified atom stereocenters. The van der Waals surface area contributed by atoms with E-state index in [9.17, 15) is 9.18 Å². The Hall–Kier alpha value is -1.62. The van der Waals surface area contributed by atoms with E-state index in [4.69, 9.17) is 10.5 Å². The molecular weight excluding hydrogens is 211 g/mol. The van der Waals surface area contributed by atoms with Crippen LogP contribution in [0.1, 0.15) is 17.3 Å². The van der Waals surface area contributed by atoms with Crippen LogP contribution in [0.25, 0.3) is 0 Å². The summed E-state index contributed by atoms with van der Waals surface area (Å²) in [6, 6.07) is 3.62. The lowest BCUT2D eigenvalue weighted by atomic mass is 10.1. The van der Waals surface area contributed by atoms with Crippen molar-refractivity contribution >= 4 is 5.91 Å². The summed E-state index contributed by atoms with van der Waals surface area (Å²) >= 11 is 0. The van der Waals surface area contributed by atoms with Crippen LogP contribution >= 0.6 is 0 Å². The van der Waals surface area contributed by atoms with Crippen molar-refractivity contribution in [3.8, 4) is 5.75 Å². The summed E-state index contributed by atoms with van der Waals surface area (Å²) in [6.07, 6.45) is 0. The number of rotatable bonds is 4. The van der Waals surface area contributed by atoms with Crippen molar-refractivity contribution < 1.29 is 13.9 Å². The molecule has 1 atom stereocenters. The van der Waals surface area contributed by atoms with Gasteiger partial charge in [-0.2, -0.15) is 0 Å². The van der Waals surface area contributed by atoms with Crippen molar-refractivity contribution in [2.45, 2.75) is 13.0 Å². The molecule has 0 aromatic heterocycles. The summed E-state index contributed by atoms with van der Waals surface area (Å²) in [5.41, 5.74) is 5.55. The summed E-state index contributed by atoms with van der Waals surface area (Å²) in [4.78, 5) is 11.7. The zero-order valence-electron chi connectivity index (χ0n) is 9.29. The highest BCUT2D eigenvalue weighted by molar-refractivity contribution is 5.97. The highest BCUT2D eigenvalue weighted by Gasteiger charge is 2.14. The van der Waals surface area contributed by atoms with Crippen LogP contribution in [-0.2, 0) is 0 Å². The number of methoxy groups -OCH3 is 1. The Morgan fingerprint density at radius 1 is 1.62 bits per heavy atom. The first-order valence-electron chi connectivity index (χ1n) is 4.93. The van der Waals surface area contributed by atoms with E-state index in [1.54, 1.807) is 6.92 Å². The van der Waals surface area contributed by atoms with Crippen LogP contribution in [0.3, 0.4) is 0 Å². The normalized spacial score (nSPS) is 12.0. The van der Waals surface area contributed by atoms with E-state index in [-0.39, 0.29) is 11.6 Å². The van der Waals surface area contributed by atoms with Gasteiger partial charge >= 0.3 is 0 Å². The van der Waals surface area contributed by atoms with Crippen molar-refractivity contribution in [1.29, 1.82) is 0 Å². The van der Waals surface area contributed by atoms with E-state index < -0.39 is 11.7 Å². The molecule has 88 valence electrons. The predicted octanol–water partition coefficient (Wildman–Crippen LogP) is 0.911. The Balaban J connectivity index is 2.93. The largest absolute Gasteiger partial charge is 0.496 e. The molecule has 4 nitrogen and oxygen atoms in total. The van der Waals surface area contributed by atoms with Gasteiger partial charge in [0, 0.05) is 12.6 Å². The van der Waals surface area contributed by atoms with Crippen molar-refractivity contribution in [1.82, 2.24) is 5.32 Å². The topological polar surface area (TPSA) is 64.3 Å². The van der Waals surface area contributed by atoms with Gasteiger partial charge in [-0.25, -0.2) is 4.39 Å². The molecular formula is C11H15FN2O2. The third-order valence-electron chi connectivity index (χ3n) is 2.14. The van der Waals surface area contributed by atoms with Crippen LogP contribution in [0.5, 0.6) is 5.75 Å². The van der Waals surface area contributed by atoms with Crippen LogP contribution in [0.4, 0.5) is 4.39 Å². The number of ether oxygens (including phenoxy) is 1. The van der Waals surface area contributed by atoms with Gasteiger partial charge in [-0.3, -0.25) is 4.79 Å². The molecule has 0 aliphatic heterocycles. The average molecular weight is 226 g/mol. The van der Waals surface area contributed by atoms with E-state index in [1.165, 1.54) is 19.2 Å². The number of halogens is 1. The molecule has 1 aromatic rings. The third kappa shape index (κ3) is 2.93. The molecule has 0 spiro atoms. The smallest absolute Gasteiger partial charge is 0.255 e. The summed E-state index contributed by atoms with van der Waals surface area (Å²) in [6.45, 7) is 2.09. The quantitative estimate of drug-likeness (QED) is 0.802. The van der Waals surface area contributed by atoms with Crippen LogP contribution in [0.2, 0.25) is 0 Å². The Morgan fingerprint density at radius 3 is 2.88 bits per heavy atom. The Morgan fingerprint density at radius 2 is 2.31 bits per heavy atom. The number of amides is 1. The highest BCUT2D eigenvalue weighted by Crippen LogP contribution is 2.19. The standard InChI is InChI=1S/C11H15FN2O2/c1-7(6-13)14-11(15)9-5-8(12)3-4-10(9)16-2/h3-5,7H,6,13H2,1-2H3,(H,14,15)/t7-/m0/s1. The lowest BCUT2D eigenvalue weighted by Gasteiger charge is -2.13. The number of hydrogen-bond acceptors (Lipinski definition) is 3. The van der Waals surface area contributed by atoms with E-state index in [0.717, 1.165) is 6.07 Å². The van der Waals surface area contributed by atoms with Crippen LogP contribution in [-0.4, -0.2) is 25.6 Å². The Kier molecular flexibility index (Phi) is 4.25. The van der Waals surface area contributed by atoms with Gasteiger partial charge in [0.05, 0.1) is 12.7 Å². The maximum absolute atomic E-state index is 13.0. The maximum atomic E-state index is 13.0. The molecule has 0 aliphatic carbocycles. The number of hydrogen-bond donors (Lipinski definition) is 2.